The molecule has 0 spiro atoms. The van der Waals surface area contributed by atoms with Crippen LogP contribution in [0.5, 0.6) is 0 Å². The first-order valence-corrected chi connectivity index (χ1v) is 7.67. The van der Waals surface area contributed by atoms with E-state index in [9.17, 15) is 9.90 Å². The highest BCUT2D eigenvalue weighted by Gasteiger charge is 2.30. The lowest BCUT2D eigenvalue weighted by Gasteiger charge is -2.34. The summed E-state index contributed by atoms with van der Waals surface area (Å²) in [7, 11) is 0. The Morgan fingerprint density at radius 1 is 1.38 bits per heavy atom. The van der Waals surface area contributed by atoms with Crippen molar-refractivity contribution in [2.24, 2.45) is 5.41 Å². The molecule has 0 saturated heterocycles. The van der Waals surface area contributed by atoms with Crippen LogP contribution in [0.25, 0.3) is 0 Å². The summed E-state index contributed by atoms with van der Waals surface area (Å²) in [5, 5.41) is 15.7. The van der Waals surface area contributed by atoms with Crippen LogP contribution < -0.4 is 10.6 Å². The van der Waals surface area contributed by atoms with E-state index in [-0.39, 0.29) is 30.0 Å². The van der Waals surface area contributed by atoms with Crippen molar-refractivity contribution in [1.82, 2.24) is 5.32 Å². The van der Waals surface area contributed by atoms with Gasteiger partial charge in [-0.25, -0.2) is 0 Å². The topological polar surface area (TPSA) is 61.4 Å². The molecule has 2 unspecified atom stereocenters. The van der Waals surface area contributed by atoms with Gasteiger partial charge in [0.05, 0.1) is 6.04 Å². The average molecular weight is 290 g/mol. The molecule has 4 nitrogen and oxygen atoms in total. The Labute approximate surface area is 126 Å². The Hall–Kier alpha value is -1.39. The molecule has 21 heavy (non-hydrogen) atoms. The van der Waals surface area contributed by atoms with Gasteiger partial charge < -0.3 is 15.7 Å². The maximum absolute atomic E-state index is 12.4. The number of hydrogen-bond acceptors (Lipinski definition) is 3. The standard InChI is InChI=1S/C17H26N2O2/c1-17(2,3)15(10-11-20)18-14-9-8-12-6-4-5-7-13(12)19-16(14)21/h4-7,14-15,18,20H,8-11H2,1-3H3,(H,19,21). The van der Waals surface area contributed by atoms with Crippen molar-refractivity contribution in [2.75, 3.05) is 11.9 Å². The van der Waals surface area contributed by atoms with E-state index in [0.29, 0.717) is 6.42 Å². The largest absolute Gasteiger partial charge is 0.396 e. The van der Waals surface area contributed by atoms with Crippen LogP contribution in [0.15, 0.2) is 24.3 Å². The summed E-state index contributed by atoms with van der Waals surface area (Å²) in [6.07, 6.45) is 2.31. The monoisotopic (exact) mass is 290 g/mol. The highest BCUT2D eigenvalue weighted by Crippen LogP contribution is 2.25. The fourth-order valence-corrected chi connectivity index (χ4v) is 2.81. The average Bonchev–Trinajstić information content (AvgIpc) is 2.57. The Morgan fingerprint density at radius 2 is 2.10 bits per heavy atom. The zero-order chi connectivity index (χ0) is 15.5. The molecule has 0 radical (unpaired) electrons. The van der Waals surface area contributed by atoms with Crippen molar-refractivity contribution in [3.05, 3.63) is 29.8 Å². The fraction of sp³-hybridized carbons (Fsp3) is 0.588. The molecule has 0 fully saturated rings. The van der Waals surface area contributed by atoms with E-state index in [1.807, 2.05) is 18.2 Å². The predicted octanol–water partition coefficient (Wildman–Crippen LogP) is 2.33. The summed E-state index contributed by atoms with van der Waals surface area (Å²) in [6, 6.07) is 7.85. The van der Waals surface area contributed by atoms with Gasteiger partial charge in [0, 0.05) is 18.3 Å². The van der Waals surface area contributed by atoms with E-state index in [4.69, 9.17) is 0 Å². The lowest BCUT2D eigenvalue weighted by atomic mass is 9.84. The SMILES string of the molecule is CC(C)(C)C(CCO)NC1CCc2ccccc2NC1=O. The summed E-state index contributed by atoms with van der Waals surface area (Å²) < 4.78 is 0. The zero-order valence-electron chi connectivity index (χ0n) is 13.1. The second kappa shape index (κ2) is 6.58. The van der Waals surface area contributed by atoms with E-state index in [2.05, 4.69) is 37.5 Å². The first kappa shape index (κ1) is 16.0. The van der Waals surface area contributed by atoms with Gasteiger partial charge in [0.25, 0.3) is 0 Å². The quantitative estimate of drug-likeness (QED) is 0.797. The van der Waals surface area contributed by atoms with Crippen molar-refractivity contribution >= 4 is 11.6 Å². The molecule has 1 heterocycles. The zero-order valence-corrected chi connectivity index (χ0v) is 13.1. The molecular weight excluding hydrogens is 264 g/mol. The van der Waals surface area contributed by atoms with Crippen molar-refractivity contribution in [1.29, 1.82) is 0 Å². The van der Waals surface area contributed by atoms with E-state index >= 15 is 0 Å². The Morgan fingerprint density at radius 3 is 2.76 bits per heavy atom. The van der Waals surface area contributed by atoms with E-state index in [1.54, 1.807) is 0 Å². The van der Waals surface area contributed by atoms with Gasteiger partial charge in [-0.15, -0.1) is 0 Å². The van der Waals surface area contributed by atoms with Crippen LogP contribution in [0.3, 0.4) is 0 Å². The van der Waals surface area contributed by atoms with Crippen LogP contribution in [0, 0.1) is 5.41 Å². The maximum atomic E-state index is 12.4. The smallest absolute Gasteiger partial charge is 0.241 e. The van der Waals surface area contributed by atoms with Gasteiger partial charge in [-0.1, -0.05) is 39.0 Å². The molecular formula is C17H26N2O2. The van der Waals surface area contributed by atoms with Crippen LogP contribution in [0.4, 0.5) is 5.69 Å². The summed E-state index contributed by atoms with van der Waals surface area (Å²) in [6.45, 7) is 6.51. The van der Waals surface area contributed by atoms with Crippen LogP contribution in [0.1, 0.15) is 39.2 Å². The number of hydrogen-bond donors (Lipinski definition) is 3. The molecule has 0 saturated carbocycles. The number of amides is 1. The van der Waals surface area contributed by atoms with Crippen LogP contribution in [-0.2, 0) is 11.2 Å². The molecule has 1 amide bonds. The van der Waals surface area contributed by atoms with Gasteiger partial charge in [-0.05, 0) is 36.3 Å². The predicted molar refractivity (Wildman–Crippen MR) is 85.3 cm³/mol. The van der Waals surface area contributed by atoms with Crippen molar-refractivity contribution in [2.45, 2.75) is 52.1 Å². The third-order valence-corrected chi connectivity index (χ3v) is 4.16. The highest BCUT2D eigenvalue weighted by molar-refractivity contribution is 5.96. The van der Waals surface area contributed by atoms with Gasteiger partial charge in [0.15, 0.2) is 0 Å². The summed E-state index contributed by atoms with van der Waals surface area (Å²) in [4.78, 5) is 12.4. The van der Waals surface area contributed by atoms with Crippen molar-refractivity contribution < 1.29 is 9.90 Å². The second-order valence-corrected chi connectivity index (χ2v) is 6.84. The first-order chi connectivity index (χ1) is 9.91. The third kappa shape index (κ3) is 4.05. The number of benzene rings is 1. The Kier molecular flexibility index (Phi) is 5.01. The molecule has 0 aromatic heterocycles. The molecule has 1 aromatic rings. The third-order valence-electron chi connectivity index (χ3n) is 4.16. The van der Waals surface area contributed by atoms with Gasteiger partial charge >= 0.3 is 0 Å². The van der Waals surface area contributed by atoms with Gasteiger partial charge in [-0.3, -0.25) is 4.79 Å². The minimum Gasteiger partial charge on any atom is -0.396 e. The van der Waals surface area contributed by atoms with Gasteiger partial charge in [-0.2, -0.15) is 0 Å². The number of fused-ring (bicyclic) bond motifs is 1. The van der Waals surface area contributed by atoms with E-state index in [0.717, 1.165) is 18.5 Å². The minimum absolute atomic E-state index is 0.00215. The van der Waals surface area contributed by atoms with Crippen molar-refractivity contribution in [3.63, 3.8) is 0 Å². The number of nitrogens with one attached hydrogen (secondary N) is 2. The lowest BCUT2D eigenvalue weighted by Crippen LogP contribution is -2.50. The molecule has 1 aromatic carbocycles. The first-order valence-electron chi connectivity index (χ1n) is 7.67. The molecule has 2 rings (SSSR count). The van der Waals surface area contributed by atoms with Crippen LogP contribution >= 0.6 is 0 Å². The van der Waals surface area contributed by atoms with E-state index in [1.165, 1.54) is 5.56 Å². The number of carbonyl (C=O) groups excluding carboxylic acids is 1. The maximum Gasteiger partial charge on any atom is 0.241 e. The van der Waals surface area contributed by atoms with Crippen molar-refractivity contribution in [3.8, 4) is 0 Å². The van der Waals surface area contributed by atoms with E-state index < -0.39 is 0 Å². The summed E-state index contributed by atoms with van der Waals surface area (Å²) >= 11 is 0. The summed E-state index contributed by atoms with van der Waals surface area (Å²) in [5.41, 5.74) is 2.10. The molecule has 1 aliphatic heterocycles. The molecule has 0 bridgehead atoms. The fourth-order valence-electron chi connectivity index (χ4n) is 2.81. The van der Waals surface area contributed by atoms with Crippen LogP contribution in [0.2, 0.25) is 0 Å². The molecule has 116 valence electrons. The highest BCUT2D eigenvalue weighted by atomic mass is 16.3. The molecule has 2 atom stereocenters. The van der Waals surface area contributed by atoms with Gasteiger partial charge in [0.2, 0.25) is 5.91 Å². The van der Waals surface area contributed by atoms with Gasteiger partial charge in [0.1, 0.15) is 0 Å². The van der Waals surface area contributed by atoms with Crippen LogP contribution in [-0.4, -0.2) is 29.7 Å². The number of para-hydroxylation sites is 1. The number of aliphatic hydroxyl groups is 1. The number of aryl methyl sites for hydroxylation is 1. The number of aliphatic hydroxyl groups excluding tert-OH is 1. The Bertz CT molecular complexity index is 494. The summed E-state index contributed by atoms with van der Waals surface area (Å²) in [5.74, 6) is 0.0205. The molecule has 3 N–H and O–H groups in total. The number of anilines is 1. The second-order valence-electron chi connectivity index (χ2n) is 6.84. The number of rotatable bonds is 4. The Balaban J connectivity index is 2.10. The normalized spacial score (nSPS) is 20.4. The lowest BCUT2D eigenvalue weighted by molar-refractivity contribution is -0.118. The molecule has 1 aliphatic rings. The number of carbonyl (C=O) groups is 1. The minimum atomic E-state index is -0.215. The molecule has 0 aliphatic carbocycles. The molecule has 4 heteroatoms.